The molecule has 0 aliphatic heterocycles. The van der Waals surface area contributed by atoms with E-state index in [1.54, 1.807) is 0 Å². The average molecular weight is 238 g/mol. The third-order valence-electron chi connectivity index (χ3n) is 4.14. The molecule has 0 saturated heterocycles. The molecule has 0 unspecified atom stereocenters. The van der Waals surface area contributed by atoms with Crippen molar-refractivity contribution >= 4 is 5.91 Å². The Morgan fingerprint density at radius 1 is 1.29 bits per heavy atom. The van der Waals surface area contributed by atoms with Gasteiger partial charge in [0, 0.05) is 19.5 Å². The number of hydrogen-bond acceptors (Lipinski definition) is 2. The van der Waals surface area contributed by atoms with Crippen LogP contribution < -0.4 is 5.73 Å². The van der Waals surface area contributed by atoms with Gasteiger partial charge in [-0.1, -0.05) is 13.8 Å². The summed E-state index contributed by atoms with van der Waals surface area (Å²) in [4.78, 5) is 14.4. The Morgan fingerprint density at radius 2 is 1.76 bits per heavy atom. The minimum atomic E-state index is 0.0298. The molecule has 98 valence electrons. The van der Waals surface area contributed by atoms with Gasteiger partial charge in [0.1, 0.15) is 0 Å². The molecule has 17 heavy (non-hydrogen) atoms. The molecule has 2 fully saturated rings. The molecule has 2 aliphatic carbocycles. The fourth-order valence-electron chi connectivity index (χ4n) is 2.74. The van der Waals surface area contributed by atoms with Crippen molar-refractivity contribution in [3.05, 3.63) is 0 Å². The molecule has 2 aliphatic rings. The van der Waals surface area contributed by atoms with E-state index >= 15 is 0 Å². The van der Waals surface area contributed by atoms with Crippen LogP contribution in [0.15, 0.2) is 0 Å². The Bertz CT molecular complexity index is 281. The van der Waals surface area contributed by atoms with E-state index in [2.05, 4.69) is 13.8 Å². The molecular formula is C14H26N2O. The van der Waals surface area contributed by atoms with Crippen LogP contribution in [0.1, 0.15) is 39.5 Å². The standard InChI is InChI=1S/C14H26N2O/c1-14(2,8-15)9-16(3)13(17)12(10-4-5-10)11-6-7-11/h10-12H,4-9,15H2,1-3H3. The van der Waals surface area contributed by atoms with Crippen LogP contribution >= 0.6 is 0 Å². The second-order valence-corrected chi connectivity index (χ2v) is 6.76. The number of nitrogens with two attached hydrogens (primary N) is 1. The summed E-state index contributed by atoms with van der Waals surface area (Å²) in [6, 6.07) is 0. The van der Waals surface area contributed by atoms with E-state index in [1.165, 1.54) is 25.7 Å². The highest BCUT2D eigenvalue weighted by molar-refractivity contribution is 5.80. The maximum atomic E-state index is 12.5. The summed E-state index contributed by atoms with van der Waals surface area (Å²) in [6.07, 6.45) is 5.06. The van der Waals surface area contributed by atoms with Gasteiger partial charge in [-0.2, -0.15) is 0 Å². The zero-order chi connectivity index (χ0) is 12.6. The maximum absolute atomic E-state index is 12.5. The van der Waals surface area contributed by atoms with Crippen LogP contribution in [0, 0.1) is 23.2 Å². The molecule has 0 aromatic carbocycles. The van der Waals surface area contributed by atoms with Gasteiger partial charge in [-0.05, 0) is 49.5 Å². The molecule has 0 aromatic rings. The van der Waals surface area contributed by atoms with Gasteiger partial charge in [-0.3, -0.25) is 4.79 Å². The molecule has 0 radical (unpaired) electrons. The van der Waals surface area contributed by atoms with Gasteiger partial charge in [-0.15, -0.1) is 0 Å². The van der Waals surface area contributed by atoms with E-state index in [9.17, 15) is 4.79 Å². The van der Waals surface area contributed by atoms with Gasteiger partial charge in [-0.25, -0.2) is 0 Å². The monoisotopic (exact) mass is 238 g/mol. The first-order chi connectivity index (χ1) is 7.94. The van der Waals surface area contributed by atoms with E-state index in [1.807, 2.05) is 11.9 Å². The van der Waals surface area contributed by atoms with Crippen LogP contribution in [-0.2, 0) is 4.79 Å². The summed E-state index contributed by atoms with van der Waals surface area (Å²) in [7, 11) is 1.94. The van der Waals surface area contributed by atoms with E-state index in [-0.39, 0.29) is 5.41 Å². The first-order valence-electron chi connectivity index (χ1n) is 6.89. The summed E-state index contributed by atoms with van der Waals surface area (Å²) in [5.74, 6) is 2.09. The fraction of sp³-hybridized carbons (Fsp3) is 0.929. The van der Waals surface area contributed by atoms with Gasteiger partial charge < -0.3 is 10.6 Å². The van der Waals surface area contributed by atoms with Gasteiger partial charge in [0.25, 0.3) is 0 Å². The van der Waals surface area contributed by atoms with Crippen molar-refractivity contribution in [2.75, 3.05) is 20.1 Å². The normalized spacial score (nSPS) is 20.8. The van der Waals surface area contributed by atoms with Crippen LogP contribution in [0.5, 0.6) is 0 Å². The summed E-state index contributed by atoms with van der Waals surface area (Å²) in [5.41, 5.74) is 5.77. The fourth-order valence-corrected chi connectivity index (χ4v) is 2.74. The number of amides is 1. The van der Waals surface area contributed by atoms with Crippen molar-refractivity contribution in [2.45, 2.75) is 39.5 Å². The van der Waals surface area contributed by atoms with E-state index < -0.39 is 0 Å². The SMILES string of the molecule is CN(CC(C)(C)CN)C(=O)C(C1CC1)C1CC1. The number of nitrogens with zero attached hydrogens (tertiary/aromatic N) is 1. The van der Waals surface area contributed by atoms with E-state index in [0.29, 0.717) is 30.2 Å². The molecule has 0 spiro atoms. The van der Waals surface area contributed by atoms with Crippen molar-refractivity contribution < 1.29 is 4.79 Å². The Morgan fingerprint density at radius 3 is 2.12 bits per heavy atom. The van der Waals surface area contributed by atoms with Crippen LogP contribution in [0.2, 0.25) is 0 Å². The Hall–Kier alpha value is -0.570. The highest BCUT2D eigenvalue weighted by atomic mass is 16.2. The van der Waals surface area contributed by atoms with E-state index in [4.69, 9.17) is 5.73 Å². The van der Waals surface area contributed by atoms with Crippen molar-refractivity contribution in [1.82, 2.24) is 4.90 Å². The summed E-state index contributed by atoms with van der Waals surface area (Å²) in [5, 5.41) is 0. The molecular weight excluding hydrogens is 212 g/mol. The molecule has 0 aromatic heterocycles. The lowest BCUT2D eigenvalue weighted by Gasteiger charge is -2.31. The van der Waals surface area contributed by atoms with Gasteiger partial charge in [0.05, 0.1) is 0 Å². The molecule has 0 heterocycles. The second-order valence-electron chi connectivity index (χ2n) is 6.76. The highest BCUT2D eigenvalue weighted by Crippen LogP contribution is 2.49. The molecule has 0 bridgehead atoms. The van der Waals surface area contributed by atoms with Gasteiger partial charge in [0.2, 0.25) is 5.91 Å². The molecule has 0 atom stereocenters. The lowest BCUT2D eigenvalue weighted by atomic mass is 9.91. The largest absolute Gasteiger partial charge is 0.345 e. The van der Waals surface area contributed by atoms with Crippen molar-refractivity contribution in [3.63, 3.8) is 0 Å². The first-order valence-corrected chi connectivity index (χ1v) is 6.89. The van der Waals surface area contributed by atoms with Crippen molar-refractivity contribution in [1.29, 1.82) is 0 Å². The summed E-state index contributed by atoms with van der Waals surface area (Å²) < 4.78 is 0. The minimum Gasteiger partial charge on any atom is -0.345 e. The molecule has 3 nitrogen and oxygen atoms in total. The zero-order valence-corrected chi connectivity index (χ0v) is 11.4. The highest BCUT2D eigenvalue weighted by Gasteiger charge is 2.46. The first kappa shape index (κ1) is 12.9. The number of carbonyl (C=O) groups excluding carboxylic acids is 1. The topological polar surface area (TPSA) is 46.3 Å². The van der Waals surface area contributed by atoms with Crippen LogP contribution in [0.3, 0.4) is 0 Å². The van der Waals surface area contributed by atoms with Crippen LogP contribution in [0.25, 0.3) is 0 Å². The molecule has 2 N–H and O–H groups in total. The lowest BCUT2D eigenvalue weighted by molar-refractivity contribution is -0.136. The van der Waals surface area contributed by atoms with Crippen LogP contribution in [0.4, 0.5) is 0 Å². The van der Waals surface area contributed by atoms with Gasteiger partial charge >= 0.3 is 0 Å². The van der Waals surface area contributed by atoms with Crippen molar-refractivity contribution in [2.24, 2.45) is 28.9 Å². The maximum Gasteiger partial charge on any atom is 0.226 e. The van der Waals surface area contributed by atoms with Crippen LogP contribution in [-0.4, -0.2) is 30.9 Å². The third-order valence-corrected chi connectivity index (χ3v) is 4.14. The second kappa shape index (κ2) is 4.60. The van der Waals surface area contributed by atoms with Crippen molar-refractivity contribution in [3.8, 4) is 0 Å². The van der Waals surface area contributed by atoms with E-state index in [0.717, 1.165) is 6.54 Å². The molecule has 1 amide bonds. The minimum absolute atomic E-state index is 0.0298. The van der Waals surface area contributed by atoms with Gasteiger partial charge in [0.15, 0.2) is 0 Å². The number of hydrogen-bond donors (Lipinski definition) is 1. The molecule has 2 saturated carbocycles. The number of rotatable bonds is 6. The quantitative estimate of drug-likeness (QED) is 0.768. The Balaban J connectivity index is 1.93. The smallest absolute Gasteiger partial charge is 0.226 e. The third kappa shape index (κ3) is 3.21. The Labute approximate surface area is 105 Å². The number of carbonyl (C=O) groups is 1. The summed E-state index contributed by atoms with van der Waals surface area (Å²) in [6.45, 7) is 5.65. The predicted molar refractivity (Wildman–Crippen MR) is 69.4 cm³/mol. The molecule has 3 heteroatoms. The zero-order valence-electron chi connectivity index (χ0n) is 11.4. The predicted octanol–water partition coefficient (Wildman–Crippen LogP) is 1.87. The lowest BCUT2D eigenvalue weighted by Crippen LogP contribution is -2.43. The Kier molecular flexibility index (Phi) is 3.48. The summed E-state index contributed by atoms with van der Waals surface area (Å²) >= 11 is 0. The molecule has 2 rings (SSSR count). The average Bonchev–Trinajstić information content (AvgIpc) is 3.11.